The Labute approximate surface area is 256 Å². The van der Waals surface area contributed by atoms with E-state index in [1.54, 1.807) is 18.6 Å². The highest BCUT2D eigenvalue weighted by atomic mass is 79.9. The van der Waals surface area contributed by atoms with E-state index in [4.69, 9.17) is 19.2 Å². The first-order chi connectivity index (χ1) is 20.4. The van der Waals surface area contributed by atoms with E-state index < -0.39 is 12.0 Å². The summed E-state index contributed by atoms with van der Waals surface area (Å²) in [6.07, 6.45) is 3.18. The van der Waals surface area contributed by atoms with Crippen molar-refractivity contribution >= 4 is 39.3 Å². The Bertz CT molecular complexity index is 1790. The second-order valence-electron chi connectivity index (χ2n) is 9.64. The maximum Gasteiger partial charge on any atom is 0.338 e. The minimum atomic E-state index is -0.759. The van der Waals surface area contributed by atoms with Gasteiger partial charge in [0.25, 0.3) is 5.56 Å². The van der Waals surface area contributed by atoms with Gasteiger partial charge in [0.2, 0.25) is 0 Å². The Morgan fingerprint density at radius 2 is 1.83 bits per heavy atom. The molecule has 2 heterocycles. The molecule has 0 spiro atoms. The van der Waals surface area contributed by atoms with Crippen LogP contribution in [0.25, 0.3) is 6.08 Å². The van der Waals surface area contributed by atoms with Crippen LogP contribution in [-0.4, -0.2) is 24.3 Å². The van der Waals surface area contributed by atoms with Gasteiger partial charge in [-0.2, -0.15) is 0 Å². The smallest absolute Gasteiger partial charge is 0.338 e. The molecule has 0 aliphatic carbocycles. The molecule has 0 bridgehead atoms. The average Bonchev–Trinajstić information content (AvgIpc) is 3.31. The van der Waals surface area contributed by atoms with Gasteiger partial charge in [0.15, 0.2) is 4.80 Å². The molecule has 1 aliphatic rings. The third-order valence-electron chi connectivity index (χ3n) is 6.80. The van der Waals surface area contributed by atoms with Crippen molar-refractivity contribution in [1.82, 2.24) is 4.57 Å². The zero-order valence-corrected chi connectivity index (χ0v) is 26.0. The fourth-order valence-corrected chi connectivity index (χ4v) is 6.29. The number of fused-ring (bicyclic) bond motifs is 1. The number of allylic oxidation sites excluding steroid dienone is 1. The highest BCUT2D eigenvalue weighted by Crippen LogP contribution is 2.38. The number of ether oxygens (including phenoxy) is 3. The van der Waals surface area contributed by atoms with Crippen molar-refractivity contribution in [3.8, 4) is 11.5 Å². The van der Waals surface area contributed by atoms with Gasteiger partial charge in [-0.25, -0.2) is 9.79 Å². The molecule has 9 heteroatoms. The van der Waals surface area contributed by atoms with Gasteiger partial charge in [-0.05, 0) is 60.9 Å². The van der Waals surface area contributed by atoms with Crippen LogP contribution in [0.2, 0.25) is 0 Å². The number of esters is 1. The maximum atomic E-state index is 14.0. The Morgan fingerprint density at radius 1 is 1.07 bits per heavy atom. The summed E-state index contributed by atoms with van der Waals surface area (Å²) in [7, 11) is 1.57. The van der Waals surface area contributed by atoms with Crippen LogP contribution in [-0.2, 0) is 16.1 Å². The van der Waals surface area contributed by atoms with Gasteiger partial charge in [0.1, 0.15) is 24.1 Å². The molecule has 0 saturated heterocycles. The van der Waals surface area contributed by atoms with Gasteiger partial charge in [-0.1, -0.05) is 83.1 Å². The first kappa shape index (κ1) is 29.5. The van der Waals surface area contributed by atoms with Crippen LogP contribution in [0.1, 0.15) is 49.4 Å². The number of hydrogen-bond acceptors (Lipinski definition) is 7. The first-order valence-corrected chi connectivity index (χ1v) is 15.4. The van der Waals surface area contributed by atoms with Crippen LogP contribution in [0.15, 0.2) is 98.3 Å². The van der Waals surface area contributed by atoms with Gasteiger partial charge in [0, 0.05) is 10.0 Å². The van der Waals surface area contributed by atoms with Crippen LogP contribution >= 0.6 is 27.3 Å². The third kappa shape index (κ3) is 6.27. The quantitative estimate of drug-likeness (QED) is 0.200. The molecule has 1 atom stereocenters. The lowest BCUT2D eigenvalue weighted by molar-refractivity contribution is -0.139. The number of halogens is 1. The molecular formula is C33H31BrN2O5S. The topological polar surface area (TPSA) is 79.1 Å². The Kier molecular flexibility index (Phi) is 9.39. The number of aromatic nitrogens is 1. The molecule has 0 saturated carbocycles. The van der Waals surface area contributed by atoms with E-state index in [-0.39, 0.29) is 12.2 Å². The molecule has 1 aliphatic heterocycles. The predicted molar refractivity (Wildman–Crippen MR) is 168 cm³/mol. The van der Waals surface area contributed by atoms with Gasteiger partial charge < -0.3 is 14.2 Å². The second kappa shape index (κ2) is 13.4. The normalized spacial score (nSPS) is 14.8. The summed E-state index contributed by atoms with van der Waals surface area (Å²) in [4.78, 5) is 32.8. The first-order valence-electron chi connectivity index (χ1n) is 13.8. The molecule has 4 aromatic rings. The largest absolute Gasteiger partial charge is 0.496 e. The molecule has 0 N–H and O–H groups in total. The summed E-state index contributed by atoms with van der Waals surface area (Å²) in [5.41, 5.74) is 3.34. The highest BCUT2D eigenvalue weighted by Gasteiger charge is 2.36. The molecular weight excluding hydrogens is 616 g/mol. The van der Waals surface area contributed by atoms with Crippen LogP contribution in [0.5, 0.6) is 11.5 Å². The SMILES string of the molecule is CCCC1=C(C(=O)OCC)[C@@H](c2cc(Br)ccc2OC)n2c(s/c(=C/c3ccc(OCc4ccccc4)cc3)c2=O)=N1. The average molecular weight is 648 g/mol. The third-order valence-corrected chi connectivity index (χ3v) is 8.28. The summed E-state index contributed by atoms with van der Waals surface area (Å²) in [5, 5.41) is 0. The lowest BCUT2D eigenvalue weighted by atomic mass is 9.93. The number of methoxy groups -OCH3 is 1. The summed E-state index contributed by atoms with van der Waals surface area (Å²) < 4.78 is 20.0. The number of nitrogens with zero attached hydrogens (tertiary/aromatic N) is 2. The molecule has 0 amide bonds. The number of rotatable bonds is 10. The van der Waals surface area contributed by atoms with E-state index in [0.29, 0.717) is 44.9 Å². The fraction of sp³-hybridized carbons (Fsp3) is 0.242. The monoisotopic (exact) mass is 646 g/mol. The highest BCUT2D eigenvalue weighted by molar-refractivity contribution is 9.10. The fourth-order valence-electron chi connectivity index (χ4n) is 4.89. The summed E-state index contributed by atoms with van der Waals surface area (Å²) in [6.45, 7) is 4.47. The van der Waals surface area contributed by atoms with E-state index in [1.165, 1.54) is 11.3 Å². The molecule has 5 rings (SSSR count). The van der Waals surface area contributed by atoms with Gasteiger partial charge in [0.05, 0.1) is 29.5 Å². The van der Waals surface area contributed by atoms with E-state index in [9.17, 15) is 9.59 Å². The molecule has 7 nitrogen and oxygen atoms in total. The van der Waals surface area contributed by atoms with Crippen molar-refractivity contribution in [3.63, 3.8) is 0 Å². The van der Waals surface area contributed by atoms with E-state index >= 15 is 0 Å². The van der Waals surface area contributed by atoms with Crippen molar-refractivity contribution in [2.75, 3.05) is 13.7 Å². The van der Waals surface area contributed by atoms with Crippen LogP contribution < -0.4 is 24.4 Å². The number of hydrogen-bond donors (Lipinski definition) is 0. The molecule has 0 fully saturated rings. The standard InChI is InChI=1S/C33H31BrN2O5S/c1-4-9-26-29(32(38)40-5-2)30(25-19-23(34)14-17-27(25)39-3)36-31(37)28(42-33(36)35-26)18-21-12-15-24(16-13-21)41-20-22-10-7-6-8-11-22/h6-8,10-19,30H,4-5,9,20H2,1-3H3/b28-18+/t30-/m1/s1. The Balaban J connectivity index is 1.59. The summed E-state index contributed by atoms with van der Waals surface area (Å²) in [5.74, 6) is 0.808. The van der Waals surface area contributed by atoms with Gasteiger partial charge >= 0.3 is 5.97 Å². The Hall–Kier alpha value is -3.95. The molecule has 42 heavy (non-hydrogen) atoms. The minimum Gasteiger partial charge on any atom is -0.496 e. The van der Waals surface area contributed by atoms with Gasteiger partial charge in [-0.15, -0.1) is 0 Å². The molecule has 216 valence electrons. The zero-order valence-electron chi connectivity index (χ0n) is 23.6. The number of benzene rings is 3. The number of thiazole rings is 1. The summed E-state index contributed by atoms with van der Waals surface area (Å²) >= 11 is 4.85. The zero-order chi connectivity index (χ0) is 29.6. The molecule has 1 aromatic heterocycles. The van der Waals surface area contributed by atoms with Crippen molar-refractivity contribution in [1.29, 1.82) is 0 Å². The van der Waals surface area contributed by atoms with Crippen molar-refractivity contribution in [2.45, 2.75) is 39.3 Å². The lowest BCUT2D eigenvalue weighted by Gasteiger charge is -2.27. The van der Waals surface area contributed by atoms with Gasteiger partial charge in [-0.3, -0.25) is 9.36 Å². The molecule has 0 unspecified atom stereocenters. The molecule has 3 aromatic carbocycles. The van der Waals surface area contributed by atoms with Crippen LogP contribution in [0.4, 0.5) is 0 Å². The number of carbonyl (C=O) groups excluding carboxylic acids is 1. The van der Waals surface area contributed by atoms with E-state index in [0.717, 1.165) is 27.8 Å². The summed E-state index contributed by atoms with van der Waals surface area (Å²) in [6, 6.07) is 22.4. The van der Waals surface area contributed by atoms with E-state index in [1.807, 2.05) is 85.8 Å². The predicted octanol–water partition coefficient (Wildman–Crippen LogP) is 5.93. The molecule has 0 radical (unpaired) electrons. The number of carbonyl (C=O) groups is 1. The van der Waals surface area contributed by atoms with Crippen molar-refractivity contribution in [2.24, 2.45) is 4.99 Å². The second-order valence-corrected chi connectivity index (χ2v) is 11.6. The lowest BCUT2D eigenvalue weighted by Crippen LogP contribution is -2.40. The Morgan fingerprint density at radius 3 is 2.52 bits per heavy atom. The van der Waals surface area contributed by atoms with E-state index in [2.05, 4.69) is 15.9 Å². The van der Waals surface area contributed by atoms with Crippen LogP contribution in [0, 0.1) is 0 Å². The van der Waals surface area contributed by atoms with Crippen LogP contribution in [0.3, 0.4) is 0 Å². The minimum absolute atomic E-state index is 0.208. The van der Waals surface area contributed by atoms with Crippen molar-refractivity contribution in [3.05, 3.63) is 125 Å². The van der Waals surface area contributed by atoms with Crippen molar-refractivity contribution < 1.29 is 19.0 Å². The maximum absolute atomic E-state index is 14.0.